The van der Waals surface area contributed by atoms with Crippen molar-refractivity contribution in [3.05, 3.63) is 28.0 Å². The summed E-state index contributed by atoms with van der Waals surface area (Å²) in [4.78, 5) is 7.68. The highest BCUT2D eigenvalue weighted by atomic mass is 35.5. The van der Waals surface area contributed by atoms with Gasteiger partial charge in [0, 0.05) is 13.2 Å². The standard InChI is InChI=1S/C7H7Cl2N3/c1-11-7(10)6-5(9)2-4(8)3-12-6/h2-3H,1H3,(H2,10,11). The van der Waals surface area contributed by atoms with E-state index in [0.717, 1.165) is 0 Å². The van der Waals surface area contributed by atoms with E-state index in [2.05, 4.69) is 9.98 Å². The molecule has 64 valence electrons. The molecule has 0 atom stereocenters. The fraction of sp³-hybridized carbons (Fsp3) is 0.143. The van der Waals surface area contributed by atoms with E-state index in [1.54, 1.807) is 13.1 Å². The quantitative estimate of drug-likeness (QED) is 0.559. The van der Waals surface area contributed by atoms with Crippen molar-refractivity contribution in [2.24, 2.45) is 10.7 Å². The average molecular weight is 204 g/mol. The summed E-state index contributed by atoms with van der Waals surface area (Å²) in [6.07, 6.45) is 1.47. The molecule has 0 aliphatic rings. The molecule has 1 heterocycles. The third-order valence-electron chi connectivity index (χ3n) is 1.29. The molecule has 0 saturated carbocycles. The summed E-state index contributed by atoms with van der Waals surface area (Å²) in [6, 6.07) is 1.57. The summed E-state index contributed by atoms with van der Waals surface area (Å²) in [5.41, 5.74) is 5.97. The van der Waals surface area contributed by atoms with E-state index in [4.69, 9.17) is 28.9 Å². The van der Waals surface area contributed by atoms with Gasteiger partial charge in [-0.25, -0.2) is 4.98 Å². The van der Waals surface area contributed by atoms with Crippen LogP contribution in [0.5, 0.6) is 0 Å². The van der Waals surface area contributed by atoms with E-state index in [1.165, 1.54) is 6.20 Å². The molecule has 0 amide bonds. The molecule has 0 fully saturated rings. The lowest BCUT2D eigenvalue weighted by molar-refractivity contribution is 1.26. The van der Waals surface area contributed by atoms with Gasteiger partial charge >= 0.3 is 0 Å². The Morgan fingerprint density at radius 3 is 2.75 bits per heavy atom. The summed E-state index contributed by atoms with van der Waals surface area (Å²) < 4.78 is 0. The average Bonchev–Trinajstić information content (AvgIpc) is 2.03. The fourth-order valence-corrected chi connectivity index (χ4v) is 1.19. The summed E-state index contributed by atoms with van der Waals surface area (Å²) in [5.74, 6) is 0.302. The minimum Gasteiger partial charge on any atom is -0.382 e. The number of aromatic nitrogens is 1. The number of pyridine rings is 1. The zero-order valence-electron chi connectivity index (χ0n) is 6.38. The molecule has 1 aromatic heterocycles. The number of hydrogen-bond donors (Lipinski definition) is 1. The Bertz CT molecular complexity index is 322. The molecule has 12 heavy (non-hydrogen) atoms. The Labute approximate surface area is 80.2 Å². The van der Waals surface area contributed by atoms with Crippen LogP contribution in [0.1, 0.15) is 5.69 Å². The van der Waals surface area contributed by atoms with E-state index in [0.29, 0.717) is 21.6 Å². The van der Waals surface area contributed by atoms with Crippen molar-refractivity contribution in [2.75, 3.05) is 7.05 Å². The topological polar surface area (TPSA) is 51.3 Å². The summed E-state index contributed by atoms with van der Waals surface area (Å²) in [6.45, 7) is 0. The molecule has 2 N–H and O–H groups in total. The van der Waals surface area contributed by atoms with Gasteiger partial charge in [0.15, 0.2) is 0 Å². The van der Waals surface area contributed by atoms with Gasteiger partial charge in [-0.1, -0.05) is 23.2 Å². The molecule has 3 nitrogen and oxygen atoms in total. The molecule has 5 heteroatoms. The molecule has 0 aliphatic carbocycles. The third-order valence-corrected chi connectivity index (χ3v) is 1.79. The lowest BCUT2D eigenvalue weighted by Crippen LogP contribution is -2.15. The van der Waals surface area contributed by atoms with Crippen molar-refractivity contribution in [3.63, 3.8) is 0 Å². The van der Waals surface area contributed by atoms with Gasteiger partial charge in [-0.05, 0) is 6.07 Å². The predicted molar refractivity (Wildman–Crippen MR) is 50.9 cm³/mol. The van der Waals surface area contributed by atoms with Crippen molar-refractivity contribution in [1.82, 2.24) is 4.98 Å². The number of halogens is 2. The number of hydrogen-bond acceptors (Lipinski definition) is 2. The molecule has 0 spiro atoms. The van der Waals surface area contributed by atoms with Crippen LogP contribution in [-0.4, -0.2) is 17.9 Å². The van der Waals surface area contributed by atoms with Gasteiger partial charge in [0.1, 0.15) is 11.5 Å². The molecule has 0 aliphatic heterocycles. The van der Waals surface area contributed by atoms with Gasteiger partial charge in [-0.3, -0.25) is 4.99 Å². The minimum absolute atomic E-state index is 0.302. The first-order valence-corrected chi connectivity index (χ1v) is 3.94. The largest absolute Gasteiger partial charge is 0.382 e. The van der Waals surface area contributed by atoms with Crippen LogP contribution in [0.3, 0.4) is 0 Å². The molecule has 1 rings (SSSR count). The number of nitrogens with two attached hydrogens (primary N) is 1. The van der Waals surface area contributed by atoms with E-state index in [9.17, 15) is 0 Å². The van der Waals surface area contributed by atoms with Crippen LogP contribution in [-0.2, 0) is 0 Å². The monoisotopic (exact) mass is 203 g/mol. The van der Waals surface area contributed by atoms with Crippen molar-refractivity contribution in [2.45, 2.75) is 0 Å². The number of rotatable bonds is 1. The zero-order valence-corrected chi connectivity index (χ0v) is 7.89. The Morgan fingerprint density at radius 2 is 2.25 bits per heavy atom. The SMILES string of the molecule is CN=C(N)c1ncc(Cl)cc1Cl. The third kappa shape index (κ3) is 1.87. The first-order valence-electron chi connectivity index (χ1n) is 3.19. The highest BCUT2D eigenvalue weighted by molar-refractivity contribution is 6.36. The molecule has 0 unspecified atom stereocenters. The molecule has 1 aromatic rings. The van der Waals surface area contributed by atoms with Crippen molar-refractivity contribution in [1.29, 1.82) is 0 Å². The van der Waals surface area contributed by atoms with E-state index in [1.807, 2.05) is 0 Å². The Kier molecular flexibility index (Phi) is 2.89. The predicted octanol–water partition coefficient (Wildman–Crippen LogP) is 1.72. The maximum atomic E-state index is 5.80. The van der Waals surface area contributed by atoms with Crippen LogP contribution in [0.4, 0.5) is 0 Å². The number of amidine groups is 1. The summed E-state index contributed by atoms with van der Waals surface area (Å²) >= 11 is 11.4. The van der Waals surface area contributed by atoms with Crippen LogP contribution in [0.2, 0.25) is 10.0 Å². The first kappa shape index (κ1) is 9.29. The molecule has 0 aromatic carbocycles. The highest BCUT2D eigenvalue weighted by Crippen LogP contribution is 2.17. The van der Waals surface area contributed by atoms with E-state index < -0.39 is 0 Å². The lowest BCUT2D eigenvalue weighted by Gasteiger charge is -2.00. The zero-order chi connectivity index (χ0) is 9.14. The van der Waals surface area contributed by atoms with Crippen molar-refractivity contribution < 1.29 is 0 Å². The number of aliphatic imine (C=N–C) groups is 1. The smallest absolute Gasteiger partial charge is 0.145 e. The van der Waals surface area contributed by atoms with Crippen molar-refractivity contribution >= 4 is 29.0 Å². The van der Waals surface area contributed by atoms with Crippen LogP contribution >= 0.6 is 23.2 Å². The molecular weight excluding hydrogens is 197 g/mol. The first-order chi connectivity index (χ1) is 5.65. The van der Waals surface area contributed by atoms with Gasteiger partial charge in [0.2, 0.25) is 0 Å². The lowest BCUT2D eigenvalue weighted by atomic mass is 10.3. The molecule has 0 bridgehead atoms. The van der Waals surface area contributed by atoms with Crippen LogP contribution in [0, 0.1) is 0 Å². The second-order valence-electron chi connectivity index (χ2n) is 2.09. The van der Waals surface area contributed by atoms with Crippen LogP contribution in [0.15, 0.2) is 17.3 Å². The van der Waals surface area contributed by atoms with Gasteiger partial charge in [0.05, 0.1) is 10.0 Å². The van der Waals surface area contributed by atoms with Gasteiger partial charge in [-0.15, -0.1) is 0 Å². The van der Waals surface area contributed by atoms with Crippen LogP contribution < -0.4 is 5.73 Å². The summed E-state index contributed by atoms with van der Waals surface area (Å²) in [5, 5.41) is 0.887. The molecule has 0 radical (unpaired) electrons. The normalized spacial score (nSPS) is 11.8. The number of nitrogens with zero attached hydrogens (tertiary/aromatic N) is 2. The molecular formula is C7H7Cl2N3. The maximum absolute atomic E-state index is 5.80. The Morgan fingerprint density at radius 1 is 1.58 bits per heavy atom. The fourth-order valence-electron chi connectivity index (χ4n) is 0.709. The maximum Gasteiger partial charge on any atom is 0.145 e. The van der Waals surface area contributed by atoms with Crippen molar-refractivity contribution in [3.8, 4) is 0 Å². The summed E-state index contributed by atoms with van der Waals surface area (Å²) in [7, 11) is 1.57. The Balaban J connectivity index is 3.18. The van der Waals surface area contributed by atoms with E-state index >= 15 is 0 Å². The molecule has 0 saturated heterocycles. The second-order valence-corrected chi connectivity index (χ2v) is 2.94. The van der Waals surface area contributed by atoms with Gasteiger partial charge in [0.25, 0.3) is 0 Å². The minimum atomic E-state index is 0.302. The van der Waals surface area contributed by atoms with Crippen LogP contribution in [0.25, 0.3) is 0 Å². The highest BCUT2D eigenvalue weighted by Gasteiger charge is 2.05. The second kappa shape index (κ2) is 3.74. The van der Waals surface area contributed by atoms with E-state index in [-0.39, 0.29) is 0 Å². The Hall–Kier alpha value is -0.800. The van der Waals surface area contributed by atoms with Gasteiger partial charge in [-0.2, -0.15) is 0 Å². The van der Waals surface area contributed by atoms with Gasteiger partial charge < -0.3 is 5.73 Å².